The van der Waals surface area contributed by atoms with Gasteiger partial charge in [0.2, 0.25) is 0 Å². The lowest BCUT2D eigenvalue weighted by atomic mass is 10.1. The first-order valence-corrected chi connectivity index (χ1v) is 12.4. The molecule has 0 aromatic heterocycles. The Labute approximate surface area is 195 Å². The van der Waals surface area contributed by atoms with Crippen LogP contribution in [0, 0.1) is 0 Å². The molecule has 1 amide bonds. The summed E-state index contributed by atoms with van der Waals surface area (Å²) < 4.78 is 6.48. The van der Waals surface area contributed by atoms with E-state index < -0.39 is 0 Å². The number of benzene rings is 2. The first-order valence-electron chi connectivity index (χ1n) is 11.2. The van der Waals surface area contributed by atoms with E-state index >= 15 is 0 Å². The van der Waals surface area contributed by atoms with Crippen LogP contribution in [0.4, 0.5) is 0 Å². The van der Waals surface area contributed by atoms with Gasteiger partial charge in [-0.25, -0.2) is 0 Å². The zero-order chi connectivity index (χ0) is 21.9. The van der Waals surface area contributed by atoms with E-state index in [4.69, 9.17) is 17.0 Å². The minimum Gasteiger partial charge on any atom is -0.494 e. The Morgan fingerprint density at radius 1 is 0.968 bits per heavy atom. The third kappa shape index (κ3) is 7.51. The number of amides is 1. The fourth-order valence-corrected chi connectivity index (χ4v) is 4.77. The molecule has 1 aliphatic heterocycles. The van der Waals surface area contributed by atoms with Crippen LogP contribution in [0.15, 0.2) is 59.5 Å². The first-order chi connectivity index (χ1) is 15.2. The third-order valence-corrected chi connectivity index (χ3v) is 6.66. The van der Waals surface area contributed by atoms with Crippen molar-refractivity contribution in [1.82, 2.24) is 4.90 Å². The monoisotopic (exact) mass is 453 g/mol. The van der Waals surface area contributed by atoms with Gasteiger partial charge in [-0.05, 0) is 42.2 Å². The molecule has 164 valence electrons. The Morgan fingerprint density at radius 3 is 2.42 bits per heavy atom. The van der Waals surface area contributed by atoms with Crippen molar-refractivity contribution in [3.63, 3.8) is 0 Å². The second-order valence-electron chi connectivity index (χ2n) is 7.75. The molecule has 0 aliphatic carbocycles. The number of thiocarbonyl (C=S) groups is 1. The molecule has 1 fully saturated rings. The van der Waals surface area contributed by atoms with Crippen molar-refractivity contribution in [2.45, 2.75) is 51.9 Å². The Hall–Kier alpha value is -2.11. The second kappa shape index (κ2) is 12.7. The SMILES string of the molecule is CCCCCCCCOc1ccc(/C=C2/SC(=S)N(CCc3ccccc3)C2=O)cc1. The molecular weight excluding hydrogens is 422 g/mol. The maximum absolute atomic E-state index is 12.8. The zero-order valence-electron chi connectivity index (χ0n) is 18.2. The number of rotatable bonds is 12. The number of carbonyl (C=O) groups is 1. The van der Waals surface area contributed by atoms with Crippen molar-refractivity contribution in [2.75, 3.05) is 13.2 Å². The highest BCUT2D eigenvalue weighted by molar-refractivity contribution is 8.26. The van der Waals surface area contributed by atoms with Crippen molar-refractivity contribution in [2.24, 2.45) is 0 Å². The second-order valence-corrected chi connectivity index (χ2v) is 9.43. The van der Waals surface area contributed by atoms with Gasteiger partial charge in [0, 0.05) is 6.54 Å². The predicted octanol–water partition coefficient (Wildman–Crippen LogP) is 6.87. The Bertz CT molecular complexity index is 878. The fraction of sp³-hybridized carbons (Fsp3) is 0.385. The smallest absolute Gasteiger partial charge is 0.266 e. The molecular formula is C26H31NO2S2. The largest absolute Gasteiger partial charge is 0.494 e. The minimum atomic E-state index is -0.00525. The zero-order valence-corrected chi connectivity index (χ0v) is 19.9. The molecule has 2 aromatic rings. The average molecular weight is 454 g/mol. The molecule has 3 nitrogen and oxygen atoms in total. The highest BCUT2D eigenvalue weighted by Crippen LogP contribution is 2.32. The Kier molecular flexibility index (Phi) is 9.63. The standard InChI is InChI=1S/C26H31NO2S2/c1-2-3-4-5-6-10-19-29-23-15-13-22(14-16-23)20-24-25(28)27(26(30)31-24)18-17-21-11-8-7-9-12-21/h7-9,11-16,20H,2-6,10,17-19H2,1H3/b24-20+. The predicted molar refractivity (Wildman–Crippen MR) is 135 cm³/mol. The first kappa shape index (κ1) is 23.6. The van der Waals surface area contributed by atoms with Gasteiger partial charge in [-0.15, -0.1) is 0 Å². The summed E-state index contributed by atoms with van der Waals surface area (Å²) in [5.74, 6) is 0.871. The van der Waals surface area contributed by atoms with Gasteiger partial charge in [0.15, 0.2) is 0 Å². The molecule has 31 heavy (non-hydrogen) atoms. The van der Waals surface area contributed by atoms with E-state index in [0.717, 1.165) is 30.8 Å². The number of hydrogen-bond acceptors (Lipinski definition) is 4. The van der Waals surface area contributed by atoms with E-state index in [0.29, 0.717) is 15.8 Å². The normalized spacial score (nSPS) is 15.1. The van der Waals surface area contributed by atoms with Crippen LogP contribution in [0.25, 0.3) is 6.08 Å². The molecule has 0 spiro atoms. The molecule has 1 saturated heterocycles. The van der Waals surface area contributed by atoms with Crippen LogP contribution in [-0.2, 0) is 11.2 Å². The molecule has 0 unspecified atom stereocenters. The summed E-state index contributed by atoms with van der Waals surface area (Å²) >= 11 is 6.83. The molecule has 0 radical (unpaired) electrons. The summed E-state index contributed by atoms with van der Waals surface area (Å²) in [6.07, 6.45) is 10.3. The van der Waals surface area contributed by atoms with Crippen LogP contribution in [0.3, 0.4) is 0 Å². The van der Waals surface area contributed by atoms with Crippen molar-refractivity contribution in [3.8, 4) is 5.75 Å². The molecule has 1 heterocycles. The lowest BCUT2D eigenvalue weighted by Crippen LogP contribution is -2.30. The van der Waals surface area contributed by atoms with Gasteiger partial charge in [0.05, 0.1) is 11.5 Å². The van der Waals surface area contributed by atoms with Gasteiger partial charge < -0.3 is 4.74 Å². The van der Waals surface area contributed by atoms with E-state index in [-0.39, 0.29) is 5.91 Å². The number of unbranched alkanes of at least 4 members (excludes halogenated alkanes) is 5. The number of nitrogens with zero attached hydrogens (tertiary/aromatic N) is 1. The molecule has 3 rings (SSSR count). The molecule has 1 aliphatic rings. The minimum absolute atomic E-state index is 0.00525. The summed E-state index contributed by atoms with van der Waals surface area (Å²) in [4.78, 5) is 15.2. The topological polar surface area (TPSA) is 29.5 Å². The number of carbonyl (C=O) groups excluding carboxylic acids is 1. The summed E-state index contributed by atoms with van der Waals surface area (Å²) in [5, 5.41) is 0. The summed E-state index contributed by atoms with van der Waals surface area (Å²) in [6.45, 7) is 3.60. The van der Waals surface area contributed by atoms with Crippen LogP contribution < -0.4 is 4.74 Å². The molecule has 0 atom stereocenters. The Balaban J connectivity index is 1.47. The molecule has 0 N–H and O–H groups in total. The van der Waals surface area contributed by atoms with Crippen LogP contribution in [0.2, 0.25) is 0 Å². The van der Waals surface area contributed by atoms with Crippen molar-refractivity contribution in [1.29, 1.82) is 0 Å². The van der Waals surface area contributed by atoms with Crippen molar-refractivity contribution >= 4 is 40.3 Å². The third-order valence-electron chi connectivity index (χ3n) is 5.28. The van der Waals surface area contributed by atoms with Gasteiger partial charge in [0.25, 0.3) is 5.91 Å². The maximum Gasteiger partial charge on any atom is 0.266 e. The molecule has 0 saturated carbocycles. The molecule has 5 heteroatoms. The number of ether oxygens (including phenoxy) is 1. The van der Waals surface area contributed by atoms with Crippen molar-refractivity contribution < 1.29 is 9.53 Å². The lowest BCUT2D eigenvalue weighted by Gasteiger charge is -2.14. The lowest BCUT2D eigenvalue weighted by molar-refractivity contribution is -0.122. The summed E-state index contributed by atoms with van der Waals surface area (Å²) in [5.41, 5.74) is 2.19. The Morgan fingerprint density at radius 2 is 1.68 bits per heavy atom. The van der Waals surface area contributed by atoms with Gasteiger partial charge in [-0.3, -0.25) is 9.69 Å². The molecule has 0 bridgehead atoms. The van der Waals surface area contributed by atoms with Gasteiger partial charge in [-0.2, -0.15) is 0 Å². The van der Waals surface area contributed by atoms with E-state index in [1.165, 1.54) is 49.4 Å². The average Bonchev–Trinajstić information content (AvgIpc) is 3.05. The maximum atomic E-state index is 12.8. The van der Waals surface area contributed by atoms with Crippen molar-refractivity contribution in [3.05, 3.63) is 70.6 Å². The highest BCUT2D eigenvalue weighted by atomic mass is 32.2. The number of hydrogen-bond donors (Lipinski definition) is 0. The van der Waals surface area contributed by atoms with Gasteiger partial charge in [-0.1, -0.05) is 105 Å². The summed E-state index contributed by atoms with van der Waals surface area (Å²) in [6, 6.07) is 18.1. The summed E-state index contributed by atoms with van der Waals surface area (Å²) in [7, 11) is 0. The van der Waals surface area contributed by atoms with Crippen LogP contribution >= 0.6 is 24.0 Å². The van der Waals surface area contributed by atoms with E-state index in [2.05, 4.69) is 19.1 Å². The van der Waals surface area contributed by atoms with E-state index in [1.807, 2.05) is 48.5 Å². The van der Waals surface area contributed by atoms with Crippen LogP contribution in [0.1, 0.15) is 56.6 Å². The highest BCUT2D eigenvalue weighted by Gasteiger charge is 2.31. The fourth-order valence-electron chi connectivity index (χ4n) is 3.46. The van der Waals surface area contributed by atoms with E-state index in [1.54, 1.807) is 4.90 Å². The van der Waals surface area contributed by atoms with Gasteiger partial charge >= 0.3 is 0 Å². The van der Waals surface area contributed by atoms with Gasteiger partial charge in [0.1, 0.15) is 10.1 Å². The van der Waals surface area contributed by atoms with Crippen LogP contribution in [-0.4, -0.2) is 28.3 Å². The quantitative estimate of drug-likeness (QED) is 0.199. The van der Waals surface area contributed by atoms with Crippen LogP contribution in [0.5, 0.6) is 5.75 Å². The number of thioether (sulfide) groups is 1. The van der Waals surface area contributed by atoms with E-state index in [9.17, 15) is 4.79 Å². The molecule has 2 aromatic carbocycles.